The molecule has 2 aliphatic rings. The summed E-state index contributed by atoms with van der Waals surface area (Å²) in [6.45, 7) is 2.10. The van der Waals surface area contributed by atoms with E-state index in [0.717, 1.165) is 19.5 Å². The fourth-order valence-electron chi connectivity index (χ4n) is 3.47. The Morgan fingerprint density at radius 1 is 1.25 bits per heavy atom. The molecule has 1 heterocycles. The molecule has 3 rings (SSSR count). The van der Waals surface area contributed by atoms with Crippen molar-refractivity contribution in [3.63, 3.8) is 0 Å². The highest BCUT2D eigenvalue weighted by Crippen LogP contribution is 2.39. The van der Waals surface area contributed by atoms with Gasteiger partial charge in [-0.25, -0.2) is 0 Å². The Morgan fingerprint density at radius 2 is 2.10 bits per heavy atom. The largest absolute Gasteiger partial charge is 0.506 e. The zero-order valence-electron chi connectivity index (χ0n) is 12.0. The van der Waals surface area contributed by atoms with Crippen molar-refractivity contribution in [2.24, 2.45) is 0 Å². The molecule has 0 fully saturated rings. The van der Waals surface area contributed by atoms with Gasteiger partial charge in [0.25, 0.3) is 0 Å². The molecule has 0 saturated carbocycles. The maximum atomic E-state index is 9.98. The maximum absolute atomic E-state index is 9.98. The Morgan fingerprint density at radius 3 is 2.85 bits per heavy atom. The molecule has 108 valence electrons. The van der Waals surface area contributed by atoms with E-state index >= 15 is 0 Å². The number of hydrogen-bond acceptors (Lipinski definition) is 2. The fraction of sp³-hybridized carbons (Fsp3) is 0.529. The van der Waals surface area contributed by atoms with Crippen LogP contribution >= 0.6 is 11.6 Å². The lowest BCUT2D eigenvalue weighted by Gasteiger charge is -2.26. The molecule has 0 saturated heterocycles. The van der Waals surface area contributed by atoms with Gasteiger partial charge in [-0.15, -0.1) is 0 Å². The van der Waals surface area contributed by atoms with Crippen LogP contribution in [0, 0.1) is 0 Å². The van der Waals surface area contributed by atoms with Gasteiger partial charge in [-0.1, -0.05) is 23.3 Å². The summed E-state index contributed by atoms with van der Waals surface area (Å²) in [7, 11) is 2.18. The van der Waals surface area contributed by atoms with Crippen LogP contribution < -0.4 is 0 Å². The highest BCUT2D eigenvalue weighted by Gasteiger charge is 2.26. The molecule has 3 heteroatoms. The lowest BCUT2D eigenvalue weighted by atomic mass is 9.82. The van der Waals surface area contributed by atoms with Gasteiger partial charge in [-0.2, -0.15) is 0 Å². The standard InChI is InChI=1S/C17H22ClNO/c1-19-8-7-13-9-16(18)17(20)10-14(13)15(11-19)12-5-3-2-4-6-12/h5,9-10,15,20H,2-4,6-8,11H2,1H3/t15-/m1/s1. The third-order valence-corrected chi connectivity index (χ3v) is 4.92. The molecule has 1 aliphatic carbocycles. The predicted molar refractivity (Wildman–Crippen MR) is 83.6 cm³/mol. The fourth-order valence-corrected chi connectivity index (χ4v) is 3.66. The summed E-state index contributed by atoms with van der Waals surface area (Å²) in [5.74, 6) is 0.636. The van der Waals surface area contributed by atoms with Crippen LogP contribution in [-0.2, 0) is 6.42 Å². The molecule has 1 atom stereocenters. The van der Waals surface area contributed by atoms with Gasteiger partial charge in [0.1, 0.15) is 5.75 Å². The minimum absolute atomic E-state index is 0.219. The summed E-state index contributed by atoms with van der Waals surface area (Å²) in [5.41, 5.74) is 4.13. The van der Waals surface area contributed by atoms with Crippen molar-refractivity contribution in [2.45, 2.75) is 38.0 Å². The van der Waals surface area contributed by atoms with Crippen LogP contribution in [0.2, 0.25) is 5.02 Å². The number of phenols is 1. The first-order valence-corrected chi connectivity index (χ1v) is 7.91. The molecule has 0 amide bonds. The number of rotatable bonds is 1. The smallest absolute Gasteiger partial charge is 0.134 e. The molecule has 0 radical (unpaired) electrons. The Labute approximate surface area is 126 Å². The molecule has 2 nitrogen and oxygen atoms in total. The molecule has 1 aliphatic heterocycles. The second-order valence-electron chi connectivity index (χ2n) is 6.09. The average molecular weight is 292 g/mol. The molecular formula is C17H22ClNO. The van der Waals surface area contributed by atoms with Crippen molar-refractivity contribution in [2.75, 3.05) is 20.1 Å². The number of allylic oxidation sites excluding steroid dienone is 1. The van der Waals surface area contributed by atoms with Gasteiger partial charge in [-0.05, 0) is 62.4 Å². The molecule has 0 aromatic heterocycles. The summed E-state index contributed by atoms with van der Waals surface area (Å²) in [5, 5.41) is 10.5. The van der Waals surface area contributed by atoms with E-state index in [-0.39, 0.29) is 5.75 Å². The maximum Gasteiger partial charge on any atom is 0.134 e. The first-order valence-electron chi connectivity index (χ1n) is 7.54. The summed E-state index contributed by atoms with van der Waals surface area (Å²) in [6, 6.07) is 3.86. The third kappa shape index (κ3) is 2.72. The van der Waals surface area contributed by atoms with Crippen LogP contribution in [-0.4, -0.2) is 30.1 Å². The van der Waals surface area contributed by atoms with Gasteiger partial charge >= 0.3 is 0 Å². The van der Waals surface area contributed by atoms with Crippen molar-refractivity contribution in [1.29, 1.82) is 0 Å². The van der Waals surface area contributed by atoms with Crippen LogP contribution in [0.25, 0.3) is 0 Å². The molecule has 1 aromatic carbocycles. The Kier molecular flexibility index (Phi) is 4.04. The van der Waals surface area contributed by atoms with Gasteiger partial charge in [0.05, 0.1) is 5.02 Å². The van der Waals surface area contributed by atoms with E-state index in [1.54, 1.807) is 5.57 Å². The number of aromatic hydroxyl groups is 1. The van der Waals surface area contributed by atoms with Gasteiger partial charge in [0.2, 0.25) is 0 Å². The van der Waals surface area contributed by atoms with Crippen molar-refractivity contribution >= 4 is 11.6 Å². The van der Waals surface area contributed by atoms with Gasteiger partial charge in [0.15, 0.2) is 0 Å². The Bertz CT molecular complexity index is 538. The highest BCUT2D eigenvalue weighted by molar-refractivity contribution is 6.32. The predicted octanol–water partition coefficient (Wildman–Crippen LogP) is 4.12. The van der Waals surface area contributed by atoms with E-state index in [0.29, 0.717) is 10.9 Å². The lowest BCUT2D eigenvalue weighted by molar-refractivity contribution is 0.333. The SMILES string of the molecule is CN1CCc2cc(Cl)c(O)cc2[C@@H](C2=CCCCC2)C1. The van der Waals surface area contributed by atoms with Crippen LogP contribution in [0.3, 0.4) is 0 Å². The van der Waals surface area contributed by atoms with Crippen LogP contribution in [0.1, 0.15) is 42.7 Å². The quantitative estimate of drug-likeness (QED) is 0.787. The van der Waals surface area contributed by atoms with E-state index in [9.17, 15) is 5.11 Å². The average Bonchev–Trinajstić information content (AvgIpc) is 2.61. The van der Waals surface area contributed by atoms with Crippen LogP contribution in [0.15, 0.2) is 23.8 Å². The minimum Gasteiger partial charge on any atom is -0.506 e. The number of phenolic OH excluding ortho intramolecular Hbond substituents is 1. The normalized spacial score (nSPS) is 23.9. The molecule has 0 bridgehead atoms. The summed E-state index contributed by atoms with van der Waals surface area (Å²) in [4.78, 5) is 2.39. The Balaban J connectivity index is 2.04. The number of benzene rings is 1. The van der Waals surface area contributed by atoms with Crippen LogP contribution in [0.5, 0.6) is 5.75 Å². The van der Waals surface area contributed by atoms with Crippen molar-refractivity contribution in [3.8, 4) is 5.75 Å². The van der Waals surface area contributed by atoms with Gasteiger partial charge < -0.3 is 10.0 Å². The number of fused-ring (bicyclic) bond motifs is 1. The topological polar surface area (TPSA) is 23.5 Å². The monoisotopic (exact) mass is 291 g/mol. The zero-order valence-corrected chi connectivity index (χ0v) is 12.8. The molecule has 20 heavy (non-hydrogen) atoms. The number of nitrogens with zero attached hydrogens (tertiary/aromatic N) is 1. The first kappa shape index (κ1) is 14.0. The molecule has 1 N–H and O–H groups in total. The van der Waals surface area contributed by atoms with E-state index in [1.165, 1.54) is 36.8 Å². The molecular weight excluding hydrogens is 270 g/mol. The van der Waals surface area contributed by atoms with Crippen LogP contribution in [0.4, 0.5) is 0 Å². The summed E-state index contributed by atoms with van der Waals surface area (Å²) < 4.78 is 0. The number of halogens is 1. The van der Waals surface area contributed by atoms with Crippen molar-refractivity contribution in [1.82, 2.24) is 4.90 Å². The summed E-state index contributed by atoms with van der Waals surface area (Å²) >= 11 is 6.09. The van der Waals surface area contributed by atoms with Crippen molar-refractivity contribution in [3.05, 3.63) is 39.9 Å². The molecule has 0 spiro atoms. The number of likely N-dealkylation sites (N-methyl/N-ethyl adjacent to an activating group) is 1. The lowest BCUT2D eigenvalue weighted by Crippen LogP contribution is -2.25. The minimum atomic E-state index is 0.219. The Hall–Kier alpha value is -0.990. The summed E-state index contributed by atoms with van der Waals surface area (Å²) in [6.07, 6.45) is 8.43. The molecule has 1 aromatic rings. The van der Waals surface area contributed by atoms with Crippen molar-refractivity contribution < 1.29 is 5.11 Å². The first-order chi connectivity index (χ1) is 9.65. The van der Waals surface area contributed by atoms with E-state index in [2.05, 4.69) is 18.0 Å². The van der Waals surface area contributed by atoms with E-state index in [1.807, 2.05) is 12.1 Å². The van der Waals surface area contributed by atoms with E-state index in [4.69, 9.17) is 11.6 Å². The van der Waals surface area contributed by atoms with E-state index < -0.39 is 0 Å². The highest BCUT2D eigenvalue weighted by atomic mass is 35.5. The second-order valence-corrected chi connectivity index (χ2v) is 6.50. The number of hydrogen-bond donors (Lipinski definition) is 1. The second kappa shape index (κ2) is 5.79. The van der Waals surface area contributed by atoms with Gasteiger partial charge in [0, 0.05) is 19.0 Å². The zero-order chi connectivity index (χ0) is 14.1. The third-order valence-electron chi connectivity index (χ3n) is 4.61. The van der Waals surface area contributed by atoms with Gasteiger partial charge in [-0.3, -0.25) is 0 Å². The molecule has 0 unspecified atom stereocenters.